The van der Waals surface area contributed by atoms with Crippen molar-refractivity contribution in [1.29, 1.82) is 0 Å². The standard InChI is InChI=1S/C25H27F3N2O4S/c1-5-33-22(32)23(3,4)34-20-12-6-17(7-13-20)15-29-21(31)24(30-14-16(2)35-24)18-8-10-19(11-9-18)25(26,27)28/h6-14,30H,5,15H2,1-4H3,(H,29,31). The first-order chi connectivity index (χ1) is 16.4. The van der Waals surface area contributed by atoms with E-state index in [0.717, 1.165) is 22.6 Å². The Morgan fingerprint density at radius 3 is 2.20 bits per heavy atom. The lowest BCUT2D eigenvalue weighted by Crippen LogP contribution is -2.48. The Balaban J connectivity index is 1.69. The molecule has 35 heavy (non-hydrogen) atoms. The Hall–Kier alpha value is -3.14. The number of rotatable bonds is 8. The van der Waals surface area contributed by atoms with Gasteiger partial charge in [0.05, 0.1) is 12.2 Å². The van der Waals surface area contributed by atoms with Crippen LogP contribution in [-0.4, -0.2) is 24.1 Å². The van der Waals surface area contributed by atoms with E-state index in [-0.39, 0.29) is 19.1 Å². The Morgan fingerprint density at radius 1 is 1.06 bits per heavy atom. The number of esters is 1. The summed E-state index contributed by atoms with van der Waals surface area (Å²) in [6.45, 7) is 7.19. The van der Waals surface area contributed by atoms with Crippen molar-refractivity contribution in [3.63, 3.8) is 0 Å². The van der Waals surface area contributed by atoms with Crippen LogP contribution < -0.4 is 15.4 Å². The highest BCUT2D eigenvalue weighted by molar-refractivity contribution is 8.04. The molecule has 3 rings (SSSR count). The van der Waals surface area contributed by atoms with Crippen molar-refractivity contribution in [3.05, 3.63) is 76.3 Å². The van der Waals surface area contributed by atoms with Gasteiger partial charge in [-0.2, -0.15) is 13.2 Å². The van der Waals surface area contributed by atoms with Crippen molar-refractivity contribution in [2.75, 3.05) is 6.61 Å². The second-order valence-corrected chi connectivity index (χ2v) is 9.88. The van der Waals surface area contributed by atoms with Crippen LogP contribution in [0.5, 0.6) is 5.75 Å². The van der Waals surface area contributed by atoms with Gasteiger partial charge in [-0.05, 0) is 63.1 Å². The number of carbonyl (C=O) groups excluding carboxylic acids is 2. The van der Waals surface area contributed by atoms with Crippen LogP contribution in [0.25, 0.3) is 0 Å². The van der Waals surface area contributed by atoms with E-state index in [1.165, 1.54) is 23.9 Å². The predicted octanol–water partition coefficient (Wildman–Crippen LogP) is 5.09. The molecule has 0 bridgehead atoms. The van der Waals surface area contributed by atoms with Crippen molar-refractivity contribution in [3.8, 4) is 5.75 Å². The number of halogens is 3. The number of nitrogens with one attached hydrogen (secondary N) is 2. The fourth-order valence-electron chi connectivity index (χ4n) is 3.41. The van der Waals surface area contributed by atoms with Gasteiger partial charge < -0.3 is 20.1 Å². The van der Waals surface area contributed by atoms with E-state index in [1.807, 2.05) is 6.92 Å². The van der Waals surface area contributed by atoms with Gasteiger partial charge in [0.2, 0.25) is 0 Å². The number of hydrogen-bond donors (Lipinski definition) is 2. The maximum Gasteiger partial charge on any atom is 0.416 e. The van der Waals surface area contributed by atoms with Crippen molar-refractivity contribution >= 4 is 23.6 Å². The molecule has 0 saturated carbocycles. The topological polar surface area (TPSA) is 76.7 Å². The second-order valence-electron chi connectivity index (χ2n) is 8.42. The number of ether oxygens (including phenoxy) is 2. The van der Waals surface area contributed by atoms with Gasteiger partial charge in [0.15, 0.2) is 10.5 Å². The molecule has 10 heteroatoms. The van der Waals surface area contributed by atoms with Crippen LogP contribution in [0.4, 0.5) is 13.2 Å². The molecule has 0 aliphatic carbocycles. The molecule has 188 valence electrons. The molecule has 6 nitrogen and oxygen atoms in total. The first-order valence-electron chi connectivity index (χ1n) is 10.9. The third-order valence-corrected chi connectivity index (χ3v) is 6.53. The Labute approximate surface area is 206 Å². The normalized spacial score (nSPS) is 17.9. The Kier molecular flexibility index (Phi) is 7.74. The first-order valence-corrected chi connectivity index (χ1v) is 11.7. The SMILES string of the molecule is CCOC(=O)C(C)(C)Oc1ccc(CNC(=O)C2(c3ccc(C(F)(F)F)cc3)NC=C(C)S2)cc1. The van der Waals surface area contributed by atoms with Crippen LogP contribution >= 0.6 is 11.8 Å². The Bertz CT molecular complexity index is 1100. The van der Waals surface area contributed by atoms with Crippen LogP contribution in [0.1, 0.15) is 44.4 Å². The van der Waals surface area contributed by atoms with Gasteiger partial charge in [-0.1, -0.05) is 36.0 Å². The molecular formula is C25H27F3N2O4S. The highest BCUT2D eigenvalue weighted by atomic mass is 32.2. The zero-order valence-corrected chi connectivity index (χ0v) is 20.6. The van der Waals surface area contributed by atoms with E-state index < -0.39 is 28.2 Å². The van der Waals surface area contributed by atoms with Crippen LogP contribution in [0, 0.1) is 0 Å². The average Bonchev–Trinajstić information content (AvgIpc) is 3.21. The van der Waals surface area contributed by atoms with Gasteiger partial charge in [-0.3, -0.25) is 4.79 Å². The predicted molar refractivity (Wildman–Crippen MR) is 127 cm³/mol. The third-order valence-electron chi connectivity index (χ3n) is 5.25. The van der Waals surface area contributed by atoms with Gasteiger partial charge in [0.1, 0.15) is 5.75 Å². The fraction of sp³-hybridized carbons (Fsp3) is 0.360. The number of amides is 1. The highest BCUT2D eigenvalue weighted by Gasteiger charge is 2.44. The summed E-state index contributed by atoms with van der Waals surface area (Å²) < 4.78 is 49.7. The number of allylic oxidation sites excluding steroid dienone is 1. The molecule has 1 heterocycles. The van der Waals surface area contributed by atoms with Crippen LogP contribution in [0.3, 0.4) is 0 Å². The largest absolute Gasteiger partial charge is 0.476 e. The molecule has 2 aromatic carbocycles. The summed E-state index contributed by atoms with van der Waals surface area (Å²) >= 11 is 1.23. The van der Waals surface area contributed by atoms with E-state index in [4.69, 9.17) is 9.47 Å². The summed E-state index contributed by atoms with van der Waals surface area (Å²) in [5, 5.41) is 5.89. The smallest absolute Gasteiger partial charge is 0.416 e. The second kappa shape index (κ2) is 10.2. The zero-order valence-electron chi connectivity index (χ0n) is 19.8. The Morgan fingerprint density at radius 2 is 1.69 bits per heavy atom. The molecule has 2 aromatic rings. The summed E-state index contributed by atoms with van der Waals surface area (Å²) in [5.74, 6) is -0.401. The van der Waals surface area contributed by atoms with Crippen molar-refractivity contribution in [1.82, 2.24) is 10.6 Å². The monoisotopic (exact) mass is 508 g/mol. The lowest BCUT2D eigenvalue weighted by Gasteiger charge is -2.29. The van der Waals surface area contributed by atoms with Crippen molar-refractivity contribution in [2.45, 2.75) is 50.9 Å². The number of benzene rings is 2. The summed E-state index contributed by atoms with van der Waals surface area (Å²) in [7, 11) is 0. The first kappa shape index (κ1) is 26.5. The molecule has 1 unspecified atom stereocenters. The minimum absolute atomic E-state index is 0.185. The van der Waals surface area contributed by atoms with E-state index in [2.05, 4.69) is 10.6 Å². The molecule has 0 fully saturated rings. The molecule has 1 amide bonds. The lowest BCUT2D eigenvalue weighted by molar-refractivity contribution is -0.158. The molecule has 0 spiro atoms. The minimum atomic E-state index is -4.46. The highest BCUT2D eigenvalue weighted by Crippen LogP contribution is 2.44. The fourth-order valence-corrected chi connectivity index (χ4v) is 4.54. The number of alkyl halides is 3. The number of thioether (sulfide) groups is 1. The maximum absolute atomic E-state index is 13.2. The van der Waals surface area contributed by atoms with Gasteiger partial charge in [-0.25, -0.2) is 4.79 Å². The molecular weight excluding hydrogens is 481 g/mol. The zero-order chi connectivity index (χ0) is 25.9. The summed E-state index contributed by atoms with van der Waals surface area (Å²) in [4.78, 5) is 24.8. The molecule has 1 aliphatic heterocycles. The van der Waals surface area contributed by atoms with E-state index in [0.29, 0.717) is 11.3 Å². The molecule has 1 aliphatic rings. The van der Waals surface area contributed by atoms with Crippen LogP contribution in [-0.2, 0) is 31.9 Å². The quantitative estimate of drug-likeness (QED) is 0.484. The van der Waals surface area contributed by atoms with Gasteiger partial charge in [-0.15, -0.1) is 0 Å². The van der Waals surface area contributed by atoms with E-state index in [1.54, 1.807) is 51.2 Å². The van der Waals surface area contributed by atoms with Crippen molar-refractivity contribution in [2.24, 2.45) is 0 Å². The van der Waals surface area contributed by atoms with Crippen LogP contribution in [0.2, 0.25) is 0 Å². The maximum atomic E-state index is 13.2. The van der Waals surface area contributed by atoms with Crippen molar-refractivity contribution < 1.29 is 32.2 Å². The van der Waals surface area contributed by atoms with Crippen LogP contribution in [0.15, 0.2) is 59.6 Å². The number of hydrogen-bond acceptors (Lipinski definition) is 6. The summed E-state index contributed by atoms with van der Waals surface area (Å²) in [6.07, 6.45) is -2.79. The minimum Gasteiger partial charge on any atom is -0.476 e. The molecule has 0 saturated heterocycles. The van der Waals surface area contributed by atoms with Gasteiger partial charge >= 0.3 is 12.1 Å². The van der Waals surface area contributed by atoms with Gasteiger partial charge in [0, 0.05) is 17.6 Å². The number of carbonyl (C=O) groups is 2. The van der Waals surface area contributed by atoms with E-state index in [9.17, 15) is 22.8 Å². The molecule has 1 atom stereocenters. The third kappa shape index (κ3) is 6.11. The van der Waals surface area contributed by atoms with Gasteiger partial charge in [0.25, 0.3) is 5.91 Å². The lowest BCUT2D eigenvalue weighted by atomic mass is 10.0. The average molecular weight is 509 g/mol. The molecule has 0 aromatic heterocycles. The summed E-state index contributed by atoms with van der Waals surface area (Å²) in [5.41, 5.74) is -0.755. The van der Waals surface area contributed by atoms with E-state index >= 15 is 0 Å². The molecule has 0 radical (unpaired) electrons. The summed E-state index contributed by atoms with van der Waals surface area (Å²) in [6, 6.07) is 11.4. The molecule has 2 N–H and O–H groups in total.